The van der Waals surface area contributed by atoms with E-state index in [0.717, 1.165) is 0 Å². The molecule has 0 aliphatic heterocycles. The summed E-state index contributed by atoms with van der Waals surface area (Å²) in [5, 5.41) is 0. The molecule has 3 heteroatoms. The SMILES string of the molecule is CC[CH2][Hf]([C]1=CC=CC1)[C]1=CC=CC1.Cl.Cl. The van der Waals surface area contributed by atoms with Crippen LogP contribution in [0.1, 0.15) is 26.2 Å². The summed E-state index contributed by atoms with van der Waals surface area (Å²) in [5.41, 5.74) is 0. The molecule has 2 rings (SSSR count). The van der Waals surface area contributed by atoms with Crippen LogP contribution in [0.5, 0.6) is 0 Å². The van der Waals surface area contributed by atoms with Crippen LogP contribution in [-0.2, 0) is 21.4 Å². The molecule has 0 saturated carbocycles. The molecule has 0 nitrogen and oxygen atoms in total. The van der Waals surface area contributed by atoms with Crippen molar-refractivity contribution < 1.29 is 21.4 Å². The van der Waals surface area contributed by atoms with Gasteiger partial charge >= 0.3 is 94.9 Å². The van der Waals surface area contributed by atoms with Gasteiger partial charge in [-0.2, -0.15) is 0 Å². The van der Waals surface area contributed by atoms with Crippen molar-refractivity contribution in [2.45, 2.75) is 30.4 Å². The Balaban J connectivity index is 0.00000112. The minimum atomic E-state index is -1.52. The van der Waals surface area contributed by atoms with Crippen LogP contribution in [0.3, 0.4) is 0 Å². The number of halogens is 2. The fourth-order valence-electron chi connectivity index (χ4n) is 2.12. The average Bonchev–Trinajstić information content (AvgIpc) is 2.87. The second kappa shape index (κ2) is 8.49. The van der Waals surface area contributed by atoms with E-state index >= 15 is 0 Å². The van der Waals surface area contributed by atoms with E-state index in [0.29, 0.717) is 0 Å². The fraction of sp³-hybridized carbons (Fsp3) is 0.385. The van der Waals surface area contributed by atoms with Gasteiger partial charge in [-0.25, -0.2) is 0 Å². The van der Waals surface area contributed by atoms with Crippen LogP contribution < -0.4 is 0 Å². The Kier molecular flexibility index (Phi) is 8.71. The number of allylic oxidation sites excluding steroid dienone is 8. The van der Waals surface area contributed by atoms with Gasteiger partial charge in [0.2, 0.25) is 0 Å². The number of hydrogen-bond acceptors (Lipinski definition) is 0. The summed E-state index contributed by atoms with van der Waals surface area (Å²) in [7, 11) is 0. The second-order valence-electron chi connectivity index (χ2n) is 3.88. The van der Waals surface area contributed by atoms with Gasteiger partial charge in [0, 0.05) is 0 Å². The van der Waals surface area contributed by atoms with Gasteiger partial charge in [-0.1, -0.05) is 0 Å². The van der Waals surface area contributed by atoms with Gasteiger partial charge in [0.1, 0.15) is 0 Å². The topological polar surface area (TPSA) is 0 Å². The van der Waals surface area contributed by atoms with E-state index in [1.807, 2.05) is 6.66 Å². The van der Waals surface area contributed by atoms with Crippen LogP contribution in [-0.4, -0.2) is 0 Å². The van der Waals surface area contributed by atoms with E-state index < -0.39 is 21.4 Å². The van der Waals surface area contributed by atoms with E-state index in [1.54, 1.807) is 0 Å². The van der Waals surface area contributed by atoms with Crippen molar-refractivity contribution >= 4 is 24.8 Å². The van der Waals surface area contributed by atoms with Crippen LogP contribution >= 0.6 is 24.8 Å². The molecule has 0 spiro atoms. The largest absolute Gasteiger partial charge is 0.147 e. The van der Waals surface area contributed by atoms with Gasteiger partial charge in [0.25, 0.3) is 0 Å². The van der Waals surface area contributed by atoms with E-state index in [-0.39, 0.29) is 24.8 Å². The molecular formula is C13H19Cl2Hf. The Morgan fingerprint density at radius 3 is 1.81 bits per heavy atom. The monoisotopic (exact) mass is 425 g/mol. The van der Waals surface area contributed by atoms with Crippen LogP contribution in [0.2, 0.25) is 4.18 Å². The Morgan fingerprint density at radius 2 is 1.50 bits per heavy atom. The van der Waals surface area contributed by atoms with Crippen molar-refractivity contribution in [3.05, 3.63) is 43.1 Å². The van der Waals surface area contributed by atoms with Crippen LogP contribution in [0.25, 0.3) is 0 Å². The first-order chi connectivity index (χ1) is 6.92. The molecule has 0 N–H and O–H groups in total. The first kappa shape index (κ1) is 16.4. The summed E-state index contributed by atoms with van der Waals surface area (Å²) in [6, 6.07) is 0. The van der Waals surface area contributed by atoms with Gasteiger partial charge in [-0.15, -0.1) is 24.8 Å². The van der Waals surface area contributed by atoms with E-state index in [1.165, 1.54) is 23.4 Å². The third kappa shape index (κ3) is 4.01. The summed E-state index contributed by atoms with van der Waals surface area (Å²) in [6.45, 7) is 2.33. The Labute approximate surface area is 119 Å². The standard InChI is InChI=1S/2C5H5.C3H7.2ClH.Hf/c2*1-2-4-5-3-1;1-3-2;;;/h2*1-3H,4H2;1,3H2,2H3;2*1H;. The third-order valence-electron chi connectivity index (χ3n) is 2.82. The minimum Gasteiger partial charge on any atom is -0.147 e. The summed E-state index contributed by atoms with van der Waals surface area (Å²) in [5.74, 6) is 0. The van der Waals surface area contributed by atoms with Crippen molar-refractivity contribution in [1.82, 2.24) is 0 Å². The summed E-state index contributed by atoms with van der Waals surface area (Å²) < 4.78 is 5.17. The Bertz CT molecular complexity index is 297. The Morgan fingerprint density at radius 1 is 1.00 bits per heavy atom. The zero-order valence-electron chi connectivity index (χ0n) is 9.61. The number of hydrogen-bond donors (Lipinski definition) is 0. The third-order valence-corrected chi connectivity index (χ3v) is 14.6. The van der Waals surface area contributed by atoms with E-state index in [4.69, 9.17) is 0 Å². The van der Waals surface area contributed by atoms with Gasteiger partial charge in [0.15, 0.2) is 0 Å². The molecular weight excluding hydrogens is 406 g/mol. The maximum Gasteiger partial charge on any atom is -0.147 e. The minimum absolute atomic E-state index is 0. The van der Waals surface area contributed by atoms with Crippen LogP contribution in [0.15, 0.2) is 43.1 Å². The first-order valence-electron chi connectivity index (χ1n) is 5.49. The molecule has 0 saturated heterocycles. The maximum atomic E-state index is 2.40. The molecule has 0 aromatic heterocycles. The number of rotatable bonds is 4. The summed E-state index contributed by atoms with van der Waals surface area (Å²) in [6.07, 6.45) is 17.8. The van der Waals surface area contributed by atoms with Crippen LogP contribution in [0, 0.1) is 0 Å². The van der Waals surface area contributed by atoms with Crippen molar-refractivity contribution in [2.24, 2.45) is 0 Å². The molecule has 0 unspecified atom stereocenters. The smallest absolute Gasteiger partial charge is 0.147 e. The van der Waals surface area contributed by atoms with Crippen molar-refractivity contribution in [1.29, 1.82) is 0 Å². The van der Waals surface area contributed by atoms with Crippen molar-refractivity contribution in [3.8, 4) is 0 Å². The van der Waals surface area contributed by atoms with Gasteiger partial charge < -0.3 is 0 Å². The van der Waals surface area contributed by atoms with E-state index in [2.05, 4.69) is 43.4 Å². The predicted molar refractivity (Wildman–Crippen MR) is 73.3 cm³/mol. The molecule has 0 heterocycles. The van der Waals surface area contributed by atoms with Gasteiger partial charge in [-0.05, 0) is 0 Å². The fourth-order valence-corrected chi connectivity index (χ4v) is 12.5. The summed E-state index contributed by atoms with van der Waals surface area (Å²) >= 11 is -1.52. The molecule has 0 amide bonds. The molecule has 0 radical (unpaired) electrons. The second-order valence-corrected chi connectivity index (χ2v) is 13.7. The van der Waals surface area contributed by atoms with Gasteiger partial charge in [-0.3, -0.25) is 0 Å². The quantitative estimate of drug-likeness (QED) is 0.559. The first-order valence-corrected chi connectivity index (χ1v) is 11.6. The maximum absolute atomic E-state index is 2.40. The zero-order chi connectivity index (χ0) is 9.80. The zero-order valence-corrected chi connectivity index (χ0v) is 14.8. The molecule has 16 heavy (non-hydrogen) atoms. The molecule has 2 aliphatic carbocycles. The molecule has 0 aromatic carbocycles. The molecule has 2 aliphatic rings. The van der Waals surface area contributed by atoms with E-state index in [9.17, 15) is 0 Å². The molecule has 89 valence electrons. The Hall–Kier alpha value is 0.410. The predicted octanol–water partition coefficient (Wildman–Crippen LogP) is 4.96. The molecule has 0 atom stereocenters. The van der Waals surface area contributed by atoms with Crippen molar-refractivity contribution in [2.75, 3.05) is 0 Å². The summed E-state index contributed by atoms with van der Waals surface area (Å²) in [4.78, 5) is 0. The normalized spacial score (nSPS) is 16.3. The average molecular weight is 425 g/mol. The molecule has 0 fully saturated rings. The van der Waals surface area contributed by atoms with Gasteiger partial charge in [0.05, 0.1) is 0 Å². The molecule has 0 bridgehead atoms. The van der Waals surface area contributed by atoms with Crippen LogP contribution in [0.4, 0.5) is 0 Å². The van der Waals surface area contributed by atoms with Crippen molar-refractivity contribution in [3.63, 3.8) is 0 Å². The molecule has 0 aromatic rings.